The van der Waals surface area contributed by atoms with Crippen LogP contribution in [-0.2, 0) is 17.8 Å². The first-order valence-electron chi connectivity index (χ1n) is 11.2. The van der Waals surface area contributed by atoms with Crippen LogP contribution in [0.5, 0.6) is 0 Å². The standard InChI is InChI=1S/C23H36N4O/c1-18(2)15-17-27-21(26-20-12-9-16-24-23(20)27)13-8-14-22(28)25-19-10-6-4-3-5-7-11-19/h9,12,16,18-19H,3-8,10-11,13-15,17H2,1-2H3,(H,25,28). The maximum absolute atomic E-state index is 12.4. The third-order valence-corrected chi connectivity index (χ3v) is 5.79. The number of hydrogen-bond acceptors (Lipinski definition) is 3. The zero-order chi connectivity index (χ0) is 19.8. The summed E-state index contributed by atoms with van der Waals surface area (Å²) >= 11 is 0. The zero-order valence-corrected chi connectivity index (χ0v) is 17.6. The largest absolute Gasteiger partial charge is 0.353 e. The molecule has 154 valence electrons. The summed E-state index contributed by atoms with van der Waals surface area (Å²) in [5.41, 5.74) is 1.93. The zero-order valence-electron chi connectivity index (χ0n) is 17.6. The molecule has 3 rings (SSSR count). The molecule has 1 aliphatic carbocycles. The average molecular weight is 385 g/mol. The Hall–Kier alpha value is -1.91. The van der Waals surface area contributed by atoms with E-state index in [1.54, 1.807) is 0 Å². The molecular formula is C23H36N4O. The third kappa shape index (κ3) is 6.05. The Labute approximate surface area is 169 Å². The lowest BCUT2D eigenvalue weighted by Crippen LogP contribution is -2.35. The minimum atomic E-state index is 0.202. The van der Waals surface area contributed by atoms with Crippen molar-refractivity contribution >= 4 is 17.1 Å². The highest BCUT2D eigenvalue weighted by Gasteiger charge is 2.15. The molecular weight excluding hydrogens is 348 g/mol. The molecule has 1 amide bonds. The van der Waals surface area contributed by atoms with E-state index >= 15 is 0 Å². The normalized spacial score (nSPS) is 16.2. The van der Waals surface area contributed by atoms with Crippen molar-refractivity contribution in [2.75, 3.05) is 0 Å². The first kappa shape index (κ1) is 20.8. The van der Waals surface area contributed by atoms with E-state index in [-0.39, 0.29) is 5.91 Å². The Morgan fingerprint density at radius 2 is 1.96 bits per heavy atom. The molecule has 0 bridgehead atoms. The van der Waals surface area contributed by atoms with Crippen LogP contribution in [0.25, 0.3) is 11.2 Å². The van der Waals surface area contributed by atoms with Gasteiger partial charge in [-0.15, -0.1) is 0 Å². The number of imidazole rings is 1. The Kier molecular flexibility index (Phi) is 7.87. The minimum absolute atomic E-state index is 0.202. The number of nitrogens with one attached hydrogen (secondary N) is 1. The average Bonchev–Trinajstić information content (AvgIpc) is 2.99. The molecule has 2 heterocycles. The molecule has 2 aromatic rings. The third-order valence-electron chi connectivity index (χ3n) is 5.79. The number of fused-ring (bicyclic) bond motifs is 1. The van der Waals surface area contributed by atoms with E-state index in [0.717, 1.165) is 55.6 Å². The molecule has 0 aliphatic heterocycles. The van der Waals surface area contributed by atoms with Gasteiger partial charge < -0.3 is 9.88 Å². The van der Waals surface area contributed by atoms with E-state index in [2.05, 4.69) is 28.7 Å². The van der Waals surface area contributed by atoms with Crippen LogP contribution < -0.4 is 5.32 Å². The van der Waals surface area contributed by atoms with Crippen molar-refractivity contribution in [3.05, 3.63) is 24.2 Å². The molecule has 0 radical (unpaired) electrons. The van der Waals surface area contributed by atoms with Gasteiger partial charge in [-0.2, -0.15) is 0 Å². The Morgan fingerprint density at radius 1 is 1.21 bits per heavy atom. The summed E-state index contributed by atoms with van der Waals surface area (Å²) in [4.78, 5) is 21.8. The molecule has 0 aromatic carbocycles. The van der Waals surface area contributed by atoms with E-state index in [1.165, 1.54) is 32.1 Å². The molecule has 0 atom stereocenters. The van der Waals surface area contributed by atoms with Crippen LogP contribution in [0.2, 0.25) is 0 Å². The second kappa shape index (κ2) is 10.6. The van der Waals surface area contributed by atoms with Crippen LogP contribution in [0.4, 0.5) is 0 Å². The van der Waals surface area contributed by atoms with E-state index in [0.29, 0.717) is 18.4 Å². The van der Waals surface area contributed by atoms with Crippen molar-refractivity contribution in [2.45, 2.75) is 97.1 Å². The molecule has 0 unspecified atom stereocenters. The smallest absolute Gasteiger partial charge is 0.220 e. The number of pyridine rings is 1. The summed E-state index contributed by atoms with van der Waals surface area (Å²) in [6.07, 6.45) is 13.9. The second-order valence-electron chi connectivity index (χ2n) is 8.67. The van der Waals surface area contributed by atoms with E-state index < -0.39 is 0 Å². The predicted molar refractivity (Wildman–Crippen MR) is 114 cm³/mol. The van der Waals surface area contributed by atoms with Crippen LogP contribution in [0.3, 0.4) is 0 Å². The molecule has 5 heteroatoms. The van der Waals surface area contributed by atoms with Crippen molar-refractivity contribution in [1.29, 1.82) is 0 Å². The number of aromatic nitrogens is 3. The minimum Gasteiger partial charge on any atom is -0.353 e. The highest BCUT2D eigenvalue weighted by molar-refractivity contribution is 5.76. The van der Waals surface area contributed by atoms with Gasteiger partial charge >= 0.3 is 0 Å². The Bertz CT molecular complexity index is 744. The summed E-state index contributed by atoms with van der Waals surface area (Å²) in [5.74, 6) is 1.91. The van der Waals surface area contributed by atoms with Gasteiger partial charge in [0.15, 0.2) is 5.65 Å². The van der Waals surface area contributed by atoms with Gasteiger partial charge in [0.2, 0.25) is 5.91 Å². The fraction of sp³-hybridized carbons (Fsp3) is 0.696. The SMILES string of the molecule is CC(C)CCn1c(CCCC(=O)NC2CCCCCCC2)nc2cccnc21. The van der Waals surface area contributed by atoms with Crippen molar-refractivity contribution in [3.8, 4) is 0 Å². The number of carbonyl (C=O) groups is 1. The topological polar surface area (TPSA) is 59.8 Å². The van der Waals surface area contributed by atoms with Gasteiger partial charge in [0.1, 0.15) is 11.3 Å². The van der Waals surface area contributed by atoms with E-state index in [1.807, 2.05) is 18.3 Å². The van der Waals surface area contributed by atoms with Crippen LogP contribution in [0.1, 0.15) is 83.9 Å². The number of rotatable bonds is 8. The molecule has 1 saturated carbocycles. The summed E-state index contributed by atoms with van der Waals surface area (Å²) in [6, 6.07) is 4.35. The van der Waals surface area contributed by atoms with Gasteiger partial charge in [-0.3, -0.25) is 4.79 Å². The van der Waals surface area contributed by atoms with Gasteiger partial charge in [0.05, 0.1) is 0 Å². The lowest BCUT2D eigenvalue weighted by molar-refractivity contribution is -0.122. The van der Waals surface area contributed by atoms with Crippen LogP contribution in [-0.4, -0.2) is 26.5 Å². The molecule has 5 nitrogen and oxygen atoms in total. The van der Waals surface area contributed by atoms with Gasteiger partial charge in [-0.25, -0.2) is 9.97 Å². The van der Waals surface area contributed by atoms with Gasteiger partial charge in [-0.1, -0.05) is 46.0 Å². The second-order valence-corrected chi connectivity index (χ2v) is 8.67. The fourth-order valence-electron chi connectivity index (χ4n) is 4.13. The Balaban J connectivity index is 1.54. The molecule has 0 spiro atoms. The molecule has 1 N–H and O–H groups in total. The Morgan fingerprint density at radius 3 is 2.71 bits per heavy atom. The quantitative estimate of drug-likeness (QED) is 0.694. The summed E-state index contributed by atoms with van der Waals surface area (Å²) in [7, 11) is 0. The van der Waals surface area contributed by atoms with Gasteiger partial charge in [-0.05, 0) is 43.7 Å². The summed E-state index contributed by atoms with van der Waals surface area (Å²) in [6.45, 7) is 5.42. The highest BCUT2D eigenvalue weighted by atomic mass is 16.1. The number of amides is 1. The van der Waals surface area contributed by atoms with Crippen molar-refractivity contribution < 1.29 is 4.79 Å². The van der Waals surface area contributed by atoms with E-state index in [4.69, 9.17) is 4.98 Å². The first-order valence-corrected chi connectivity index (χ1v) is 11.2. The van der Waals surface area contributed by atoms with Crippen molar-refractivity contribution in [1.82, 2.24) is 19.9 Å². The van der Waals surface area contributed by atoms with Gasteiger partial charge in [0.25, 0.3) is 0 Å². The monoisotopic (exact) mass is 384 g/mol. The van der Waals surface area contributed by atoms with E-state index in [9.17, 15) is 4.79 Å². The van der Waals surface area contributed by atoms with Gasteiger partial charge in [0, 0.05) is 31.6 Å². The maximum atomic E-state index is 12.4. The van der Waals surface area contributed by atoms with Crippen molar-refractivity contribution in [3.63, 3.8) is 0 Å². The summed E-state index contributed by atoms with van der Waals surface area (Å²) in [5, 5.41) is 3.28. The molecule has 1 fully saturated rings. The number of nitrogens with zero attached hydrogens (tertiary/aromatic N) is 3. The summed E-state index contributed by atoms with van der Waals surface area (Å²) < 4.78 is 2.25. The highest BCUT2D eigenvalue weighted by Crippen LogP contribution is 2.19. The maximum Gasteiger partial charge on any atom is 0.220 e. The van der Waals surface area contributed by atoms with Crippen LogP contribution in [0.15, 0.2) is 18.3 Å². The molecule has 2 aromatic heterocycles. The fourth-order valence-corrected chi connectivity index (χ4v) is 4.13. The molecule has 1 aliphatic rings. The number of carbonyl (C=O) groups excluding carboxylic acids is 1. The number of hydrogen-bond donors (Lipinski definition) is 1. The molecule has 28 heavy (non-hydrogen) atoms. The molecule has 0 saturated heterocycles. The lowest BCUT2D eigenvalue weighted by Gasteiger charge is -2.21. The van der Waals surface area contributed by atoms with Crippen LogP contribution >= 0.6 is 0 Å². The number of aryl methyl sites for hydroxylation is 2. The van der Waals surface area contributed by atoms with Crippen LogP contribution in [0, 0.1) is 5.92 Å². The predicted octanol–water partition coefficient (Wildman–Crippen LogP) is 5.03. The van der Waals surface area contributed by atoms with Crippen molar-refractivity contribution in [2.24, 2.45) is 5.92 Å². The first-order chi connectivity index (χ1) is 13.6. The lowest BCUT2D eigenvalue weighted by atomic mass is 9.96.